The van der Waals surface area contributed by atoms with Crippen LogP contribution in [-0.2, 0) is 16.1 Å². The van der Waals surface area contributed by atoms with E-state index in [0.717, 1.165) is 25.7 Å². The van der Waals surface area contributed by atoms with E-state index in [2.05, 4.69) is 19.2 Å². The van der Waals surface area contributed by atoms with Gasteiger partial charge in [-0.1, -0.05) is 75.0 Å². The fourth-order valence-corrected chi connectivity index (χ4v) is 4.83. The molecular weight excluding hydrogens is 471 g/mol. The first kappa shape index (κ1) is 26.4. The van der Waals surface area contributed by atoms with Crippen molar-refractivity contribution in [2.75, 3.05) is 6.61 Å². The minimum Gasteiger partial charge on any atom is -0.484 e. The number of carbonyl (C=O) groups is 2. The second-order valence-electron chi connectivity index (χ2n) is 9.15. The van der Waals surface area contributed by atoms with Crippen molar-refractivity contribution in [3.63, 3.8) is 0 Å². The Morgan fingerprint density at radius 3 is 2.24 bits per heavy atom. The molecule has 1 N–H and O–H groups in total. The van der Waals surface area contributed by atoms with Gasteiger partial charge in [0.15, 0.2) is 6.61 Å². The van der Waals surface area contributed by atoms with Gasteiger partial charge in [0.1, 0.15) is 11.8 Å². The first-order valence-electron chi connectivity index (χ1n) is 12.1. The summed E-state index contributed by atoms with van der Waals surface area (Å²) in [6, 6.07) is 12.5. The highest BCUT2D eigenvalue weighted by Crippen LogP contribution is 2.27. The summed E-state index contributed by atoms with van der Waals surface area (Å²) in [5, 5.41) is 4.05. The summed E-state index contributed by atoms with van der Waals surface area (Å²) in [4.78, 5) is 28.1. The van der Waals surface area contributed by atoms with Gasteiger partial charge in [-0.3, -0.25) is 9.59 Å². The van der Waals surface area contributed by atoms with Crippen molar-refractivity contribution in [1.82, 2.24) is 10.2 Å². The first-order valence-corrected chi connectivity index (χ1v) is 12.8. The zero-order chi connectivity index (χ0) is 24.7. The molecule has 0 heterocycles. The highest BCUT2D eigenvalue weighted by atomic mass is 35.5. The molecular formula is C27H34Cl2N2O3. The van der Waals surface area contributed by atoms with Gasteiger partial charge in [0.25, 0.3) is 5.91 Å². The molecule has 1 saturated carbocycles. The third-order valence-electron chi connectivity index (χ3n) is 6.39. The highest BCUT2D eigenvalue weighted by Gasteiger charge is 2.31. The number of ether oxygens (including phenoxy) is 1. The molecule has 1 fully saturated rings. The lowest BCUT2D eigenvalue weighted by Gasteiger charge is -2.32. The fraction of sp³-hybridized carbons (Fsp3) is 0.481. The van der Waals surface area contributed by atoms with Gasteiger partial charge in [-0.15, -0.1) is 0 Å². The molecule has 1 aliphatic rings. The molecule has 2 aromatic carbocycles. The van der Waals surface area contributed by atoms with Crippen LogP contribution in [0.4, 0.5) is 0 Å². The van der Waals surface area contributed by atoms with Gasteiger partial charge in [-0.05, 0) is 55.0 Å². The fourth-order valence-electron chi connectivity index (χ4n) is 4.32. The lowest BCUT2D eigenvalue weighted by molar-refractivity contribution is -0.143. The van der Waals surface area contributed by atoms with Crippen LogP contribution in [0.1, 0.15) is 69.9 Å². The number of nitrogens with one attached hydrogen (secondary N) is 1. The van der Waals surface area contributed by atoms with E-state index in [1.807, 2.05) is 31.2 Å². The van der Waals surface area contributed by atoms with Gasteiger partial charge in [-0.25, -0.2) is 0 Å². The summed E-state index contributed by atoms with van der Waals surface area (Å²) in [6.07, 6.45) is 4.64. The minimum atomic E-state index is -0.646. The summed E-state index contributed by atoms with van der Waals surface area (Å²) in [5.41, 5.74) is 1.82. The smallest absolute Gasteiger partial charge is 0.261 e. The van der Waals surface area contributed by atoms with Gasteiger partial charge in [-0.2, -0.15) is 0 Å². The van der Waals surface area contributed by atoms with Crippen molar-refractivity contribution in [3.8, 4) is 5.75 Å². The normalized spacial score (nSPS) is 14.8. The van der Waals surface area contributed by atoms with Crippen molar-refractivity contribution < 1.29 is 14.3 Å². The maximum Gasteiger partial charge on any atom is 0.261 e. The SMILES string of the molecule is CC[C@H](C(=O)NC1CCCC1)N(Cc1c(Cl)cccc1Cl)C(=O)COc1ccc(C(C)C)cc1. The molecule has 2 aromatic rings. The molecule has 0 aromatic heterocycles. The largest absolute Gasteiger partial charge is 0.484 e. The van der Waals surface area contributed by atoms with Crippen LogP contribution in [0.2, 0.25) is 10.0 Å². The van der Waals surface area contributed by atoms with Crippen molar-refractivity contribution in [2.24, 2.45) is 0 Å². The maximum atomic E-state index is 13.4. The summed E-state index contributed by atoms with van der Waals surface area (Å²) in [6.45, 7) is 6.09. The van der Waals surface area contributed by atoms with E-state index in [0.29, 0.717) is 33.7 Å². The number of rotatable bonds is 10. The van der Waals surface area contributed by atoms with E-state index in [9.17, 15) is 9.59 Å². The zero-order valence-electron chi connectivity index (χ0n) is 20.2. The van der Waals surface area contributed by atoms with Crippen LogP contribution in [0.5, 0.6) is 5.75 Å². The molecule has 1 atom stereocenters. The summed E-state index contributed by atoms with van der Waals surface area (Å²) in [5.74, 6) is 0.580. The Morgan fingerprint density at radius 2 is 1.68 bits per heavy atom. The van der Waals surface area contributed by atoms with E-state index < -0.39 is 6.04 Å². The lowest BCUT2D eigenvalue weighted by atomic mass is 10.0. The average Bonchev–Trinajstić information content (AvgIpc) is 3.32. The molecule has 3 rings (SSSR count). The van der Waals surface area contributed by atoms with E-state index in [4.69, 9.17) is 27.9 Å². The third-order valence-corrected chi connectivity index (χ3v) is 7.09. The second kappa shape index (κ2) is 12.5. The van der Waals surface area contributed by atoms with E-state index in [-0.39, 0.29) is 31.0 Å². The molecule has 0 unspecified atom stereocenters. The maximum absolute atomic E-state index is 13.4. The van der Waals surface area contributed by atoms with Gasteiger partial charge < -0.3 is 15.0 Å². The minimum absolute atomic E-state index is 0.129. The summed E-state index contributed by atoms with van der Waals surface area (Å²) < 4.78 is 5.80. The number of halogens is 2. The van der Waals surface area contributed by atoms with Crippen molar-refractivity contribution in [1.29, 1.82) is 0 Å². The molecule has 1 aliphatic carbocycles. The second-order valence-corrected chi connectivity index (χ2v) is 9.96. The first-order chi connectivity index (χ1) is 16.3. The van der Waals surface area contributed by atoms with E-state index in [1.54, 1.807) is 23.1 Å². The van der Waals surface area contributed by atoms with Crippen molar-refractivity contribution in [2.45, 2.75) is 77.4 Å². The summed E-state index contributed by atoms with van der Waals surface area (Å²) in [7, 11) is 0. The molecule has 0 aliphatic heterocycles. The highest BCUT2D eigenvalue weighted by molar-refractivity contribution is 6.36. The van der Waals surface area contributed by atoms with E-state index in [1.165, 1.54) is 5.56 Å². The molecule has 5 nitrogen and oxygen atoms in total. The molecule has 34 heavy (non-hydrogen) atoms. The lowest BCUT2D eigenvalue weighted by Crippen LogP contribution is -2.52. The van der Waals surface area contributed by atoms with Gasteiger partial charge in [0.05, 0.1) is 0 Å². The molecule has 2 amide bonds. The Balaban J connectivity index is 1.78. The Morgan fingerprint density at radius 1 is 1.06 bits per heavy atom. The topological polar surface area (TPSA) is 58.6 Å². The Bertz CT molecular complexity index is 952. The van der Waals surface area contributed by atoms with Crippen LogP contribution in [0.25, 0.3) is 0 Å². The van der Waals surface area contributed by atoms with E-state index >= 15 is 0 Å². The Labute approximate surface area is 212 Å². The number of hydrogen-bond acceptors (Lipinski definition) is 3. The monoisotopic (exact) mass is 504 g/mol. The number of amides is 2. The van der Waals surface area contributed by atoms with Crippen LogP contribution in [-0.4, -0.2) is 35.4 Å². The Kier molecular flexibility index (Phi) is 9.66. The molecule has 184 valence electrons. The molecule has 0 saturated heterocycles. The number of carbonyl (C=O) groups excluding carboxylic acids is 2. The predicted molar refractivity (Wildman–Crippen MR) is 138 cm³/mol. The zero-order valence-corrected chi connectivity index (χ0v) is 21.7. The predicted octanol–water partition coefficient (Wildman–Crippen LogP) is 6.36. The van der Waals surface area contributed by atoms with Gasteiger partial charge in [0, 0.05) is 28.2 Å². The molecule has 0 spiro atoms. The molecule has 7 heteroatoms. The number of benzene rings is 2. The molecule has 0 bridgehead atoms. The summed E-state index contributed by atoms with van der Waals surface area (Å²) >= 11 is 12.8. The standard InChI is InChI=1S/C27H34Cl2N2O3/c1-4-25(27(33)30-20-8-5-6-9-20)31(16-22-23(28)10-7-11-24(22)29)26(32)17-34-21-14-12-19(13-15-21)18(2)3/h7,10-15,18,20,25H,4-6,8-9,16-17H2,1-3H3,(H,30,33)/t25-/m1/s1. The van der Waals surface area contributed by atoms with Crippen LogP contribution in [0, 0.1) is 0 Å². The quantitative estimate of drug-likeness (QED) is 0.409. The van der Waals surface area contributed by atoms with Crippen LogP contribution < -0.4 is 10.1 Å². The number of hydrogen-bond donors (Lipinski definition) is 1. The van der Waals surface area contributed by atoms with Gasteiger partial charge in [0.2, 0.25) is 5.91 Å². The molecule has 0 radical (unpaired) electrons. The van der Waals surface area contributed by atoms with Crippen LogP contribution >= 0.6 is 23.2 Å². The van der Waals surface area contributed by atoms with Crippen LogP contribution in [0.3, 0.4) is 0 Å². The van der Waals surface area contributed by atoms with Crippen molar-refractivity contribution in [3.05, 3.63) is 63.6 Å². The number of nitrogens with zero attached hydrogens (tertiary/aromatic N) is 1. The van der Waals surface area contributed by atoms with Gasteiger partial charge >= 0.3 is 0 Å². The average molecular weight is 505 g/mol. The third kappa shape index (κ3) is 6.89. The van der Waals surface area contributed by atoms with Crippen LogP contribution in [0.15, 0.2) is 42.5 Å². The van der Waals surface area contributed by atoms with Crippen molar-refractivity contribution >= 4 is 35.0 Å². The Hall–Kier alpha value is -2.24.